The quantitative estimate of drug-likeness (QED) is 0.305. The molecule has 1 unspecified atom stereocenters. The minimum atomic E-state index is -4.58. The first-order chi connectivity index (χ1) is 16.9. The number of anilines is 4. The van der Waals surface area contributed by atoms with Crippen molar-refractivity contribution < 1.29 is 27.7 Å². The zero-order chi connectivity index (χ0) is 26.2. The summed E-state index contributed by atoms with van der Waals surface area (Å²) in [7, 11) is 0. The molecule has 0 saturated carbocycles. The number of non-ortho nitro benzene ring substituents is 1. The lowest BCUT2D eigenvalue weighted by Gasteiger charge is -2.24. The van der Waals surface area contributed by atoms with Gasteiger partial charge in [-0.25, -0.2) is 0 Å². The largest absolute Gasteiger partial charge is 0.416 e. The minimum absolute atomic E-state index is 0.0227. The van der Waals surface area contributed by atoms with Gasteiger partial charge in [-0.15, -0.1) is 0 Å². The van der Waals surface area contributed by atoms with Crippen LogP contribution in [-0.4, -0.2) is 26.7 Å². The SMILES string of the molecule is Cc1ccc([N+](=O)[O-])cc1NC(=O)C1CC(=O)Nc2nc(Nc3cccc(C(F)(F)F)c3)[nH]c(=O)c21. The van der Waals surface area contributed by atoms with Crippen molar-refractivity contribution in [3.8, 4) is 0 Å². The Kier molecular flexibility index (Phi) is 6.18. The summed E-state index contributed by atoms with van der Waals surface area (Å²) in [6.07, 6.45) is -4.97. The number of rotatable bonds is 5. The molecular weight excluding hydrogens is 485 g/mol. The molecule has 4 N–H and O–H groups in total. The van der Waals surface area contributed by atoms with Crippen LogP contribution in [0.25, 0.3) is 0 Å². The summed E-state index contributed by atoms with van der Waals surface area (Å²) >= 11 is 0. The average molecular weight is 502 g/mol. The second-order valence-corrected chi connectivity index (χ2v) is 7.93. The molecule has 0 aliphatic carbocycles. The molecule has 1 aromatic heterocycles. The first-order valence-electron chi connectivity index (χ1n) is 10.4. The number of hydrogen-bond donors (Lipinski definition) is 4. The van der Waals surface area contributed by atoms with Gasteiger partial charge in [0.2, 0.25) is 17.8 Å². The summed E-state index contributed by atoms with van der Waals surface area (Å²) in [5, 5.41) is 18.5. The summed E-state index contributed by atoms with van der Waals surface area (Å²) in [4.78, 5) is 55.0. The van der Waals surface area contributed by atoms with Crippen LogP contribution < -0.4 is 21.5 Å². The van der Waals surface area contributed by atoms with Crippen LogP contribution in [0.15, 0.2) is 47.3 Å². The fraction of sp³-hybridized carbons (Fsp3) is 0.182. The number of aryl methyl sites for hydroxylation is 1. The first kappa shape index (κ1) is 24.4. The number of carbonyl (C=O) groups excluding carboxylic acids is 2. The third-order valence-electron chi connectivity index (χ3n) is 5.41. The number of aromatic amines is 1. The minimum Gasteiger partial charge on any atom is -0.326 e. The summed E-state index contributed by atoms with van der Waals surface area (Å²) in [6, 6.07) is 8.04. The van der Waals surface area contributed by atoms with Crippen molar-refractivity contribution in [2.24, 2.45) is 0 Å². The van der Waals surface area contributed by atoms with E-state index in [4.69, 9.17) is 0 Å². The number of fused-ring (bicyclic) bond motifs is 1. The van der Waals surface area contributed by atoms with Crippen LogP contribution in [0.2, 0.25) is 0 Å². The van der Waals surface area contributed by atoms with E-state index in [9.17, 15) is 37.7 Å². The Labute approximate surface area is 199 Å². The highest BCUT2D eigenvalue weighted by atomic mass is 19.4. The molecule has 0 bridgehead atoms. The Bertz CT molecular complexity index is 1450. The number of carbonyl (C=O) groups is 2. The van der Waals surface area contributed by atoms with Gasteiger partial charge in [0, 0.05) is 24.2 Å². The van der Waals surface area contributed by atoms with Crippen molar-refractivity contribution in [1.82, 2.24) is 9.97 Å². The highest BCUT2D eigenvalue weighted by Crippen LogP contribution is 2.33. The number of benzene rings is 2. The molecule has 36 heavy (non-hydrogen) atoms. The Morgan fingerprint density at radius 3 is 2.64 bits per heavy atom. The van der Waals surface area contributed by atoms with E-state index >= 15 is 0 Å². The fourth-order valence-corrected chi connectivity index (χ4v) is 3.64. The van der Waals surface area contributed by atoms with Crippen LogP contribution in [0.4, 0.5) is 42.0 Å². The van der Waals surface area contributed by atoms with Crippen molar-refractivity contribution in [1.29, 1.82) is 0 Å². The molecule has 0 spiro atoms. The Morgan fingerprint density at radius 2 is 1.94 bits per heavy atom. The van der Waals surface area contributed by atoms with Crippen LogP contribution in [-0.2, 0) is 15.8 Å². The predicted molar refractivity (Wildman–Crippen MR) is 122 cm³/mol. The van der Waals surface area contributed by atoms with E-state index in [0.29, 0.717) is 5.56 Å². The molecule has 0 radical (unpaired) electrons. The molecule has 1 aliphatic heterocycles. The topological polar surface area (TPSA) is 159 Å². The summed E-state index contributed by atoms with van der Waals surface area (Å²) < 4.78 is 38.9. The highest BCUT2D eigenvalue weighted by molar-refractivity contribution is 6.04. The van der Waals surface area contributed by atoms with Crippen molar-refractivity contribution in [3.63, 3.8) is 0 Å². The number of alkyl halides is 3. The lowest BCUT2D eigenvalue weighted by atomic mass is 9.92. The Morgan fingerprint density at radius 1 is 1.19 bits per heavy atom. The zero-order valence-electron chi connectivity index (χ0n) is 18.4. The number of H-pyrrole nitrogens is 1. The van der Waals surface area contributed by atoms with Crippen LogP contribution in [0, 0.1) is 17.0 Å². The first-order valence-corrected chi connectivity index (χ1v) is 10.4. The molecule has 2 amide bonds. The van der Waals surface area contributed by atoms with Gasteiger partial charge in [0.05, 0.1) is 27.7 Å². The van der Waals surface area contributed by atoms with Crippen LogP contribution >= 0.6 is 0 Å². The van der Waals surface area contributed by atoms with Crippen LogP contribution in [0.5, 0.6) is 0 Å². The molecule has 2 aromatic carbocycles. The standard InChI is InChI=1S/C22H17F3N6O5/c1-10-5-6-13(31(35)36)8-15(10)27-19(33)14-9-16(32)28-18-17(14)20(34)30-21(29-18)26-12-4-2-3-11(7-12)22(23,24)25/h2-8,14H,9H2,1H3,(H,27,33)(H3,26,28,29,30,32,34). The second-order valence-electron chi connectivity index (χ2n) is 7.93. The molecular formula is C22H17F3N6O5. The number of aromatic nitrogens is 2. The molecule has 1 aliphatic rings. The van der Waals surface area contributed by atoms with Gasteiger partial charge in [-0.2, -0.15) is 18.2 Å². The highest BCUT2D eigenvalue weighted by Gasteiger charge is 2.35. The Balaban J connectivity index is 1.64. The van der Waals surface area contributed by atoms with Crippen molar-refractivity contribution in [2.45, 2.75) is 25.4 Å². The Hall–Kier alpha value is -4.75. The van der Waals surface area contributed by atoms with Gasteiger partial charge in [-0.3, -0.25) is 29.5 Å². The molecule has 14 heteroatoms. The third kappa shape index (κ3) is 5.01. The van der Waals surface area contributed by atoms with Crippen molar-refractivity contribution >= 4 is 40.6 Å². The number of nitro benzene ring substituents is 1. The molecule has 11 nitrogen and oxygen atoms in total. The lowest BCUT2D eigenvalue weighted by molar-refractivity contribution is -0.384. The van der Waals surface area contributed by atoms with Gasteiger partial charge in [0.15, 0.2) is 0 Å². The summed E-state index contributed by atoms with van der Waals surface area (Å²) in [5.41, 5.74) is -1.52. The number of amides is 2. The maximum Gasteiger partial charge on any atom is 0.416 e. The number of halogens is 3. The number of nitrogens with zero attached hydrogens (tertiary/aromatic N) is 2. The molecule has 186 valence electrons. The lowest BCUT2D eigenvalue weighted by Crippen LogP contribution is -2.36. The van der Waals surface area contributed by atoms with E-state index in [2.05, 4.69) is 25.9 Å². The van der Waals surface area contributed by atoms with Gasteiger partial charge < -0.3 is 16.0 Å². The van der Waals surface area contributed by atoms with E-state index in [-0.39, 0.29) is 34.4 Å². The number of hydrogen-bond acceptors (Lipinski definition) is 7. The van der Waals surface area contributed by atoms with E-state index in [1.165, 1.54) is 24.3 Å². The molecule has 0 fully saturated rings. The maximum absolute atomic E-state index is 13.0. The molecule has 1 atom stereocenters. The van der Waals surface area contributed by atoms with Crippen LogP contribution in [0.1, 0.15) is 29.0 Å². The van der Waals surface area contributed by atoms with Gasteiger partial charge >= 0.3 is 6.18 Å². The second kappa shape index (κ2) is 9.13. The summed E-state index contributed by atoms with van der Waals surface area (Å²) in [6.45, 7) is 1.61. The van der Waals surface area contributed by atoms with E-state index < -0.39 is 46.4 Å². The normalized spacial score (nSPS) is 15.0. The average Bonchev–Trinajstić information content (AvgIpc) is 2.79. The number of nitrogens with one attached hydrogen (secondary N) is 4. The van der Waals surface area contributed by atoms with Crippen molar-refractivity contribution in [3.05, 3.63) is 79.6 Å². The number of nitro groups is 1. The molecule has 3 aromatic rings. The monoisotopic (exact) mass is 502 g/mol. The van der Waals surface area contributed by atoms with Gasteiger partial charge in [-0.1, -0.05) is 12.1 Å². The molecule has 2 heterocycles. The zero-order valence-corrected chi connectivity index (χ0v) is 18.4. The molecule has 0 saturated heterocycles. The van der Waals surface area contributed by atoms with Gasteiger partial charge in [0.25, 0.3) is 11.2 Å². The van der Waals surface area contributed by atoms with Gasteiger partial charge in [-0.05, 0) is 30.7 Å². The van der Waals surface area contributed by atoms with Crippen molar-refractivity contribution in [2.75, 3.05) is 16.0 Å². The fourth-order valence-electron chi connectivity index (χ4n) is 3.64. The van der Waals surface area contributed by atoms with E-state index in [1.807, 2.05) is 0 Å². The smallest absolute Gasteiger partial charge is 0.326 e. The van der Waals surface area contributed by atoms with E-state index in [0.717, 1.165) is 18.2 Å². The third-order valence-corrected chi connectivity index (χ3v) is 5.41. The molecule has 4 rings (SSSR count). The van der Waals surface area contributed by atoms with Gasteiger partial charge in [0.1, 0.15) is 5.82 Å². The maximum atomic E-state index is 13.0. The summed E-state index contributed by atoms with van der Waals surface area (Å²) in [5.74, 6) is -3.15. The van der Waals surface area contributed by atoms with Crippen LogP contribution in [0.3, 0.4) is 0 Å². The van der Waals surface area contributed by atoms with E-state index in [1.54, 1.807) is 6.92 Å². The predicted octanol–water partition coefficient (Wildman–Crippen LogP) is 3.81.